The summed E-state index contributed by atoms with van der Waals surface area (Å²) in [5.41, 5.74) is 6.17. The fraction of sp³-hybridized carbons (Fsp3) is 0.400. The lowest BCUT2D eigenvalue weighted by Gasteiger charge is -2.09. The lowest BCUT2D eigenvalue weighted by molar-refractivity contribution is 0.300. The first-order chi connectivity index (χ1) is 6.70. The van der Waals surface area contributed by atoms with Gasteiger partial charge in [0.05, 0.1) is 11.1 Å². The summed E-state index contributed by atoms with van der Waals surface area (Å²) in [7, 11) is 0. The lowest BCUT2D eigenvalue weighted by Crippen LogP contribution is -2.02. The summed E-state index contributed by atoms with van der Waals surface area (Å²) < 4.78 is 19.2. The van der Waals surface area contributed by atoms with Crippen LogP contribution in [-0.4, -0.2) is 6.61 Å². The van der Waals surface area contributed by atoms with Gasteiger partial charge in [-0.3, -0.25) is 0 Å². The molecule has 1 rings (SSSR count). The third-order valence-corrected chi connectivity index (χ3v) is 2.67. The van der Waals surface area contributed by atoms with Crippen LogP contribution < -0.4 is 10.5 Å². The van der Waals surface area contributed by atoms with E-state index in [4.69, 9.17) is 10.5 Å². The van der Waals surface area contributed by atoms with Crippen molar-refractivity contribution in [1.82, 2.24) is 0 Å². The maximum Gasteiger partial charge on any atom is 0.179 e. The molecule has 14 heavy (non-hydrogen) atoms. The highest BCUT2D eigenvalue weighted by molar-refractivity contribution is 9.10. The lowest BCUT2D eigenvalue weighted by atomic mass is 10.2. The standard InChI is InChI=1S/C10H13BrFNO/c1-2-5-14-8-4-3-7(6-13)9(11)10(8)12/h3-4H,2,5-6,13H2,1H3. The highest BCUT2D eigenvalue weighted by atomic mass is 79.9. The summed E-state index contributed by atoms with van der Waals surface area (Å²) in [6.45, 7) is 2.80. The molecule has 0 bridgehead atoms. The highest BCUT2D eigenvalue weighted by Crippen LogP contribution is 2.28. The second kappa shape index (κ2) is 5.32. The van der Waals surface area contributed by atoms with E-state index in [1.165, 1.54) is 0 Å². The largest absolute Gasteiger partial charge is 0.490 e. The quantitative estimate of drug-likeness (QED) is 0.905. The van der Waals surface area contributed by atoms with Gasteiger partial charge >= 0.3 is 0 Å². The summed E-state index contributed by atoms with van der Waals surface area (Å²) >= 11 is 3.15. The van der Waals surface area contributed by atoms with Gasteiger partial charge in [0.15, 0.2) is 11.6 Å². The molecule has 0 saturated heterocycles. The predicted octanol–water partition coefficient (Wildman–Crippen LogP) is 2.84. The molecule has 0 aromatic heterocycles. The van der Waals surface area contributed by atoms with Crippen LogP contribution in [0.1, 0.15) is 18.9 Å². The van der Waals surface area contributed by atoms with Gasteiger partial charge in [-0.25, -0.2) is 4.39 Å². The zero-order valence-corrected chi connectivity index (χ0v) is 9.60. The number of hydrogen-bond donors (Lipinski definition) is 1. The molecule has 78 valence electrons. The Kier molecular flexibility index (Phi) is 4.35. The van der Waals surface area contributed by atoms with Crippen LogP contribution in [0.15, 0.2) is 16.6 Å². The Labute approximate surface area is 91.4 Å². The molecule has 0 unspecified atom stereocenters. The SMILES string of the molecule is CCCOc1ccc(CN)c(Br)c1F. The van der Waals surface area contributed by atoms with Gasteiger partial charge in [-0.1, -0.05) is 13.0 Å². The van der Waals surface area contributed by atoms with Crippen molar-refractivity contribution >= 4 is 15.9 Å². The second-order valence-corrected chi connectivity index (χ2v) is 3.70. The molecule has 0 aliphatic rings. The van der Waals surface area contributed by atoms with E-state index in [0.29, 0.717) is 17.6 Å². The van der Waals surface area contributed by atoms with Gasteiger partial charge in [-0.2, -0.15) is 0 Å². The van der Waals surface area contributed by atoms with Crippen molar-refractivity contribution in [1.29, 1.82) is 0 Å². The number of ether oxygens (including phenoxy) is 1. The molecule has 0 aliphatic carbocycles. The van der Waals surface area contributed by atoms with Gasteiger partial charge in [0.2, 0.25) is 0 Å². The Hall–Kier alpha value is -0.610. The second-order valence-electron chi connectivity index (χ2n) is 2.90. The number of rotatable bonds is 4. The van der Waals surface area contributed by atoms with Crippen molar-refractivity contribution < 1.29 is 9.13 Å². The molecule has 0 saturated carbocycles. The third-order valence-electron chi connectivity index (χ3n) is 1.81. The van der Waals surface area contributed by atoms with Crippen LogP contribution in [0.4, 0.5) is 4.39 Å². The van der Waals surface area contributed by atoms with Crippen LogP contribution in [0, 0.1) is 5.82 Å². The molecule has 1 aromatic rings. The van der Waals surface area contributed by atoms with E-state index in [9.17, 15) is 4.39 Å². The van der Waals surface area contributed by atoms with Gasteiger partial charge < -0.3 is 10.5 Å². The van der Waals surface area contributed by atoms with Gasteiger partial charge in [0.1, 0.15) is 0 Å². The first-order valence-electron chi connectivity index (χ1n) is 4.50. The number of halogens is 2. The van der Waals surface area contributed by atoms with Crippen molar-refractivity contribution in [2.24, 2.45) is 5.73 Å². The van der Waals surface area contributed by atoms with Crippen molar-refractivity contribution in [3.8, 4) is 5.75 Å². The number of benzene rings is 1. The topological polar surface area (TPSA) is 35.2 Å². The Morgan fingerprint density at radius 3 is 2.79 bits per heavy atom. The molecule has 4 heteroatoms. The third kappa shape index (κ3) is 2.45. The Balaban J connectivity index is 2.92. The van der Waals surface area contributed by atoms with E-state index in [0.717, 1.165) is 12.0 Å². The minimum atomic E-state index is -0.374. The van der Waals surface area contributed by atoms with Crippen LogP contribution in [-0.2, 0) is 6.54 Å². The van der Waals surface area contributed by atoms with Gasteiger partial charge in [-0.05, 0) is 34.0 Å². The van der Waals surface area contributed by atoms with E-state index in [1.54, 1.807) is 12.1 Å². The number of nitrogens with two attached hydrogens (primary N) is 1. The summed E-state index contributed by atoms with van der Waals surface area (Å²) in [5, 5.41) is 0. The van der Waals surface area contributed by atoms with Crippen molar-refractivity contribution in [2.75, 3.05) is 6.61 Å². The first-order valence-corrected chi connectivity index (χ1v) is 5.29. The zero-order valence-electron chi connectivity index (χ0n) is 8.02. The van der Waals surface area contributed by atoms with E-state index in [1.807, 2.05) is 6.92 Å². The summed E-state index contributed by atoms with van der Waals surface area (Å²) in [5.74, 6) is -0.0997. The van der Waals surface area contributed by atoms with Gasteiger partial charge in [0.25, 0.3) is 0 Å². The predicted molar refractivity (Wildman–Crippen MR) is 57.8 cm³/mol. The summed E-state index contributed by atoms with van der Waals surface area (Å²) in [6.07, 6.45) is 0.857. The van der Waals surface area contributed by atoms with E-state index in [-0.39, 0.29) is 11.6 Å². The van der Waals surface area contributed by atoms with E-state index in [2.05, 4.69) is 15.9 Å². The van der Waals surface area contributed by atoms with Crippen molar-refractivity contribution in [3.63, 3.8) is 0 Å². The average molecular weight is 262 g/mol. The minimum absolute atomic E-state index is 0.274. The summed E-state index contributed by atoms with van der Waals surface area (Å²) in [6, 6.07) is 3.37. The average Bonchev–Trinajstić information content (AvgIpc) is 2.20. The minimum Gasteiger partial charge on any atom is -0.490 e. The molecule has 0 spiro atoms. The first kappa shape index (κ1) is 11.5. The molecule has 2 N–H and O–H groups in total. The summed E-state index contributed by atoms with van der Waals surface area (Å²) in [4.78, 5) is 0. The smallest absolute Gasteiger partial charge is 0.179 e. The highest BCUT2D eigenvalue weighted by Gasteiger charge is 2.10. The van der Waals surface area contributed by atoms with Crippen LogP contribution in [0.3, 0.4) is 0 Å². The molecule has 0 aliphatic heterocycles. The van der Waals surface area contributed by atoms with Crippen LogP contribution in [0.2, 0.25) is 0 Å². The Morgan fingerprint density at radius 1 is 1.50 bits per heavy atom. The van der Waals surface area contributed by atoms with Crippen LogP contribution in [0.5, 0.6) is 5.75 Å². The van der Waals surface area contributed by atoms with E-state index >= 15 is 0 Å². The van der Waals surface area contributed by atoms with Crippen LogP contribution >= 0.6 is 15.9 Å². The maximum absolute atomic E-state index is 13.5. The van der Waals surface area contributed by atoms with Crippen molar-refractivity contribution in [2.45, 2.75) is 19.9 Å². The molecule has 0 atom stereocenters. The van der Waals surface area contributed by atoms with E-state index < -0.39 is 0 Å². The van der Waals surface area contributed by atoms with Gasteiger partial charge in [0, 0.05) is 6.54 Å². The van der Waals surface area contributed by atoms with Gasteiger partial charge in [-0.15, -0.1) is 0 Å². The molecule has 0 amide bonds. The molecular formula is C10H13BrFNO. The monoisotopic (exact) mass is 261 g/mol. The Morgan fingerprint density at radius 2 is 2.21 bits per heavy atom. The maximum atomic E-state index is 13.5. The van der Waals surface area contributed by atoms with Crippen LogP contribution in [0.25, 0.3) is 0 Å². The molecule has 1 aromatic carbocycles. The molecule has 0 heterocycles. The Bertz CT molecular complexity index is 317. The molecule has 0 radical (unpaired) electrons. The molecule has 2 nitrogen and oxygen atoms in total. The normalized spacial score (nSPS) is 10.3. The van der Waals surface area contributed by atoms with Crippen molar-refractivity contribution in [3.05, 3.63) is 28.0 Å². The fourth-order valence-electron chi connectivity index (χ4n) is 1.05. The molecule has 0 fully saturated rings. The zero-order chi connectivity index (χ0) is 10.6. The fourth-order valence-corrected chi connectivity index (χ4v) is 1.54. The molecular weight excluding hydrogens is 249 g/mol. The number of hydrogen-bond acceptors (Lipinski definition) is 2.